The average Bonchev–Trinajstić information content (AvgIpc) is 2.93. The number of benzene rings is 1. The molecule has 1 aliphatic rings. The first-order chi connectivity index (χ1) is 11.1. The van der Waals surface area contributed by atoms with Crippen molar-refractivity contribution in [1.82, 2.24) is 5.32 Å². The molecule has 2 rings (SSSR count). The first kappa shape index (κ1) is 17.0. The van der Waals surface area contributed by atoms with Gasteiger partial charge in [0.25, 0.3) is 0 Å². The highest BCUT2D eigenvalue weighted by molar-refractivity contribution is 5.95. The zero-order valence-electron chi connectivity index (χ0n) is 13.3. The van der Waals surface area contributed by atoms with Crippen molar-refractivity contribution in [3.8, 4) is 0 Å². The molecule has 0 aromatic heterocycles. The molecule has 1 aromatic rings. The van der Waals surface area contributed by atoms with E-state index in [0.717, 1.165) is 24.2 Å². The molecule has 23 heavy (non-hydrogen) atoms. The van der Waals surface area contributed by atoms with Crippen LogP contribution < -0.4 is 10.2 Å². The Morgan fingerprint density at radius 3 is 2.61 bits per heavy atom. The van der Waals surface area contributed by atoms with E-state index in [0.29, 0.717) is 26.0 Å². The predicted octanol–water partition coefficient (Wildman–Crippen LogP) is 1.43. The van der Waals surface area contributed by atoms with Gasteiger partial charge in [-0.1, -0.05) is 12.1 Å². The summed E-state index contributed by atoms with van der Waals surface area (Å²) in [5.74, 6) is -0.234. The van der Waals surface area contributed by atoms with Gasteiger partial charge in [0.05, 0.1) is 13.0 Å². The third-order valence-electron chi connectivity index (χ3n) is 3.63. The van der Waals surface area contributed by atoms with Crippen LogP contribution in [0, 0.1) is 0 Å². The summed E-state index contributed by atoms with van der Waals surface area (Å²) in [4.78, 5) is 35.9. The number of ether oxygens (including phenoxy) is 1. The Labute approximate surface area is 135 Å². The second kappa shape index (κ2) is 8.31. The molecule has 1 aliphatic heterocycles. The van der Waals surface area contributed by atoms with Crippen LogP contribution in [-0.2, 0) is 25.5 Å². The third-order valence-corrected chi connectivity index (χ3v) is 3.63. The Balaban J connectivity index is 1.73. The van der Waals surface area contributed by atoms with E-state index < -0.39 is 0 Å². The summed E-state index contributed by atoms with van der Waals surface area (Å²) in [5, 5.41) is 2.64. The summed E-state index contributed by atoms with van der Waals surface area (Å²) in [6.07, 6.45) is 2.30. The van der Waals surface area contributed by atoms with E-state index in [-0.39, 0.29) is 24.2 Å². The fraction of sp³-hybridized carbons (Fsp3) is 0.471. The molecule has 1 aromatic carbocycles. The van der Waals surface area contributed by atoms with E-state index in [1.807, 2.05) is 24.3 Å². The van der Waals surface area contributed by atoms with Crippen LogP contribution >= 0.6 is 0 Å². The van der Waals surface area contributed by atoms with Crippen molar-refractivity contribution in [3.63, 3.8) is 0 Å². The first-order valence-electron chi connectivity index (χ1n) is 7.85. The molecule has 0 radical (unpaired) electrons. The molecule has 124 valence electrons. The Morgan fingerprint density at radius 1 is 1.26 bits per heavy atom. The highest BCUT2D eigenvalue weighted by Gasteiger charge is 2.21. The van der Waals surface area contributed by atoms with Gasteiger partial charge in [-0.2, -0.15) is 0 Å². The molecule has 1 fully saturated rings. The molecule has 0 bridgehead atoms. The van der Waals surface area contributed by atoms with Crippen molar-refractivity contribution in [3.05, 3.63) is 29.8 Å². The second-order valence-corrected chi connectivity index (χ2v) is 5.55. The van der Waals surface area contributed by atoms with Gasteiger partial charge in [0.2, 0.25) is 11.8 Å². The van der Waals surface area contributed by atoms with Gasteiger partial charge in [0, 0.05) is 32.1 Å². The SMILES string of the molecule is CC(=O)NCCCOC(=O)Cc1ccc(N2CCCC2=O)cc1. The fourth-order valence-electron chi connectivity index (χ4n) is 2.46. The molecule has 0 saturated carbocycles. The van der Waals surface area contributed by atoms with Crippen molar-refractivity contribution in [2.75, 3.05) is 24.6 Å². The van der Waals surface area contributed by atoms with Gasteiger partial charge in [0.1, 0.15) is 0 Å². The number of amides is 2. The van der Waals surface area contributed by atoms with Crippen LogP contribution in [0.4, 0.5) is 5.69 Å². The Hall–Kier alpha value is -2.37. The maximum absolute atomic E-state index is 11.7. The van der Waals surface area contributed by atoms with Gasteiger partial charge >= 0.3 is 5.97 Å². The average molecular weight is 318 g/mol. The van der Waals surface area contributed by atoms with Crippen LogP contribution in [0.3, 0.4) is 0 Å². The van der Waals surface area contributed by atoms with Crippen molar-refractivity contribution in [1.29, 1.82) is 0 Å². The largest absolute Gasteiger partial charge is 0.465 e. The van der Waals surface area contributed by atoms with Crippen LogP contribution in [0.1, 0.15) is 31.7 Å². The Bertz CT molecular complexity index is 568. The number of nitrogens with zero attached hydrogens (tertiary/aromatic N) is 1. The molecule has 1 heterocycles. The number of hydrogen-bond acceptors (Lipinski definition) is 4. The van der Waals surface area contributed by atoms with E-state index in [2.05, 4.69) is 5.32 Å². The number of nitrogens with one attached hydrogen (secondary N) is 1. The normalized spacial score (nSPS) is 14.0. The maximum atomic E-state index is 11.7. The molecule has 2 amide bonds. The molecule has 0 spiro atoms. The lowest BCUT2D eigenvalue weighted by atomic mass is 10.1. The summed E-state index contributed by atoms with van der Waals surface area (Å²) < 4.78 is 5.12. The molecular weight excluding hydrogens is 296 g/mol. The molecule has 1 saturated heterocycles. The number of anilines is 1. The van der Waals surface area contributed by atoms with Crippen LogP contribution in [0.25, 0.3) is 0 Å². The van der Waals surface area contributed by atoms with E-state index in [1.165, 1.54) is 6.92 Å². The standard InChI is InChI=1S/C17H22N2O4/c1-13(20)18-9-3-11-23-17(22)12-14-5-7-15(8-6-14)19-10-2-4-16(19)21/h5-8H,2-4,9-12H2,1H3,(H,18,20). The first-order valence-corrected chi connectivity index (χ1v) is 7.85. The maximum Gasteiger partial charge on any atom is 0.310 e. The van der Waals surface area contributed by atoms with E-state index >= 15 is 0 Å². The van der Waals surface area contributed by atoms with Gasteiger partial charge in [-0.15, -0.1) is 0 Å². The van der Waals surface area contributed by atoms with Crippen LogP contribution in [0.5, 0.6) is 0 Å². The summed E-state index contributed by atoms with van der Waals surface area (Å²) in [5.41, 5.74) is 1.73. The second-order valence-electron chi connectivity index (χ2n) is 5.55. The topological polar surface area (TPSA) is 75.7 Å². The molecule has 0 atom stereocenters. The summed E-state index contributed by atoms with van der Waals surface area (Å²) in [6.45, 7) is 3.00. The monoisotopic (exact) mass is 318 g/mol. The lowest BCUT2D eigenvalue weighted by Gasteiger charge is -2.15. The zero-order valence-corrected chi connectivity index (χ0v) is 13.3. The van der Waals surface area contributed by atoms with Crippen molar-refractivity contribution in [2.24, 2.45) is 0 Å². The van der Waals surface area contributed by atoms with Gasteiger partial charge in [-0.25, -0.2) is 0 Å². The number of rotatable bonds is 7. The minimum atomic E-state index is -0.294. The van der Waals surface area contributed by atoms with Crippen LogP contribution in [0.2, 0.25) is 0 Å². The smallest absolute Gasteiger partial charge is 0.310 e. The Morgan fingerprint density at radius 2 is 2.00 bits per heavy atom. The quantitative estimate of drug-likeness (QED) is 0.609. The van der Waals surface area contributed by atoms with E-state index in [9.17, 15) is 14.4 Å². The molecular formula is C17H22N2O4. The number of esters is 1. The minimum absolute atomic E-state index is 0.0899. The number of hydrogen-bond donors (Lipinski definition) is 1. The number of carbonyl (C=O) groups excluding carboxylic acids is 3. The van der Waals surface area contributed by atoms with Gasteiger partial charge in [-0.3, -0.25) is 14.4 Å². The molecule has 1 N–H and O–H groups in total. The van der Waals surface area contributed by atoms with Crippen molar-refractivity contribution in [2.45, 2.75) is 32.6 Å². The zero-order chi connectivity index (χ0) is 16.7. The van der Waals surface area contributed by atoms with Crippen LogP contribution in [-0.4, -0.2) is 37.5 Å². The van der Waals surface area contributed by atoms with E-state index in [1.54, 1.807) is 4.90 Å². The predicted molar refractivity (Wildman–Crippen MR) is 86.0 cm³/mol. The van der Waals surface area contributed by atoms with Crippen LogP contribution in [0.15, 0.2) is 24.3 Å². The summed E-state index contributed by atoms with van der Waals surface area (Å²) in [7, 11) is 0. The Kier molecular flexibility index (Phi) is 6.14. The molecule has 6 nitrogen and oxygen atoms in total. The fourth-order valence-corrected chi connectivity index (χ4v) is 2.46. The summed E-state index contributed by atoms with van der Waals surface area (Å²) in [6, 6.07) is 7.42. The highest BCUT2D eigenvalue weighted by atomic mass is 16.5. The molecule has 0 aliphatic carbocycles. The van der Waals surface area contributed by atoms with Gasteiger partial charge in [0.15, 0.2) is 0 Å². The van der Waals surface area contributed by atoms with Gasteiger partial charge in [-0.05, 0) is 30.5 Å². The summed E-state index contributed by atoms with van der Waals surface area (Å²) >= 11 is 0. The van der Waals surface area contributed by atoms with E-state index in [4.69, 9.17) is 4.74 Å². The molecule has 6 heteroatoms. The number of carbonyl (C=O) groups is 3. The highest BCUT2D eigenvalue weighted by Crippen LogP contribution is 2.21. The lowest BCUT2D eigenvalue weighted by Crippen LogP contribution is -2.23. The third kappa shape index (κ3) is 5.39. The minimum Gasteiger partial charge on any atom is -0.465 e. The molecule has 0 unspecified atom stereocenters. The van der Waals surface area contributed by atoms with Gasteiger partial charge < -0.3 is 15.0 Å². The lowest BCUT2D eigenvalue weighted by molar-refractivity contribution is -0.142. The van der Waals surface area contributed by atoms with Crippen molar-refractivity contribution >= 4 is 23.5 Å². The van der Waals surface area contributed by atoms with Crippen molar-refractivity contribution < 1.29 is 19.1 Å².